The highest BCUT2D eigenvalue weighted by Gasteiger charge is 2.26. The second-order valence-corrected chi connectivity index (χ2v) is 9.66. The van der Waals surface area contributed by atoms with Crippen molar-refractivity contribution < 1.29 is 13.6 Å². The fraction of sp³-hybridized carbons (Fsp3) is 0.286. The second kappa shape index (κ2) is 9.84. The Morgan fingerprint density at radius 1 is 1.18 bits per heavy atom. The summed E-state index contributed by atoms with van der Waals surface area (Å²) in [5.74, 6) is 3.06. The van der Waals surface area contributed by atoms with Crippen LogP contribution in [0.5, 0.6) is 0 Å². The lowest BCUT2D eigenvalue weighted by molar-refractivity contribution is 0.0174. The van der Waals surface area contributed by atoms with Crippen molar-refractivity contribution in [3.63, 3.8) is 0 Å². The third-order valence-electron chi connectivity index (χ3n) is 6.67. The van der Waals surface area contributed by atoms with Crippen LogP contribution < -0.4 is 11.1 Å². The molecule has 1 amide bonds. The standard InChI is InChI=1S/C28H27F2N7O/c1-17-7-9-21(34-27(38)19-5-4-6-20(13-19)28(2,29)30)14-18(17)8-10-23-24-25(31)32-16-33-26(24)37(35-23)22-11-12-36(3)15-22/h4-7,9,13-14,16,22H,11-12,15H2,1-3H3,(H,34,38)(H2,31,32,33)/t22-/m1/s1. The van der Waals surface area contributed by atoms with Gasteiger partial charge in [-0.25, -0.2) is 23.4 Å². The van der Waals surface area contributed by atoms with Gasteiger partial charge in [0, 0.05) is 42.4 Å². The van der Waals surface area contributed by atoms with Crippen LogP contribution in [0.3, 0.4) is 0 Å². The number of amides is 1. The summed E-state index contributed by atoms with van der Waals surface area (Å²) in [4.78, 5) is 23.6. The van der Waals surface area contributed by atoms with Crippen molar-refractivity contribution in [2.45, 2.75) is 32.2 Å². The smallest absolute Gasteiger partial charge is 0.270 e. The number of nitrogens with one attached hydrogen (secondary N) is 1. The zero-order chi connectivity index (χ0) is 27.0. The van der Waals surface area contributed by atoms with E-state index in [4.69, 9.17) is 10.8 Å². The van der Waals surface area contributed by atoms with Gasteiger partial charge in [0.05, 0.1) is 11.4 Å². The molecule has 2 aromatic heterocycles. The number of fused-ring (bicyclic) bond motifs is 1. The number of nitrogens with two attached hydrogens (primary N) is 1. The van der Waals surface area contributed by atoms with Crippen molar-refractivity contribution in [1.29, 1.82) is 0 Å². The number of nitrogen functional groups attached to an aromatic ring is 1. The molecule has 3 heterocycles. The van der Waals surface area contributed by atoms with E-state index in [2.05, 4.69) is 39.1 Å². The summed E-state index contributed by atoms with van der Waals surface area (Å²) in [6.45, 7) is 4.53. The van der Waals surface area contributed by atoms with Crippen molar-refractivity contribution in [3.8, 4) is 11.8 Å². The first-order chi connectivity index (χ1) is 18.1. The van der Waals surface area contributed by atoms with Crippen molar-refractivity contribution in [2.75, 3.05) is 31.2 Å². The quantitative estimate of drug-likeness (QED) is 0.392. The van der Waals surface area contributed by atoms with Gasteiger partial charge in [-0.3, -0.25) is 4.79 Å². The molecule has 1 aliphatic rings. The van der Waals surface area contributed by atoms with Crippen molar-refractivity contribution in [1.82, 2.24) is 24.6 Å². The first kappa shape index (κ1) is 25.3. The molecule has 2 aromatic carbocycles. The minimum absolute atomic E-state index is 0.141. The van der Waals surface area contributed by atoms with E-state index in [-0.39, 0.29) is 17.2 Å². The number of carbonyl (C=O) groups is 1. The first-order valence-corrected chi connectivity index (χ1v) is 12.2. The van der Waals surface area contributed by atoms with Gasteiger partial charge in [-0.2, -0.15) is 5.10 Å². The number of carbonyl (C=O) groups excluding carboxylic acids is 1. The number of nitrogens with zero attached hydrogens (tertiary/aromatic N) is 5. The Morgan fingerprint density at radius 2 is 2.00 bits per heavy atom. The number of hydrogen-bond donors (Lipinski definition) is 2. The highest BCUT2D eigenvalue weighted by Crippen LogP contribution is 2.29. The maximum absolute atomic E-state index is 13.7. The molecule has 38 heavy (non-hydrogen) atoms. The molecule has 1 aliphatic heterocycles. The van der Waals surface area contributed by atoms with E-state index in [1.165, 1.54) is 30.6 Å². The maximum Gasteiger partial charge on any atom is 0.270 e. The molecule has 0 unspecified atom stereocenters. The van der Waals surface area contributed by atoms with Crippen molar-refractivity contribution in [3.05, 3.63) is 76.7 Å². The molecule has 0 aliphatic carbocycles. The topological polar surface area (TPSA) is 102 Å². The molecule has 1 fully saturated rings. The summed E-state index contributed by atoms with van der Waals surface area (Å²) >= 11 is 0. The lowest BCUT2D eigenvalue weighted by atomic mass is 10.1. The Labute approximate surface area is 218 Å². The molecule has 8 nitrogen and oxygen atoms in total. The van der Waals surface area contributed by atoms with Gasteiger partial charge < -0.3 is 16.0 Å². The molecular formula is C28H27F2N7O. The number of likely N-dealkylation sites (N-methyl/N-ethyl adjacent to an activating group) is 1. The Bertz CT molecular complexity index is 1600. The number of likely N-dealkylation sites (tertiary alicyclic amines) is 1. The van der Waals surface area contributed by atoms with E-state index >= 15 is 0 Å². The molecule has 0 saturated carbocycles. The van der Waals surface area contributed by atoms with Crippen LogP contribution in [-0.2, 0) is 5.92 Å². The van der Waals surface area contributed by atoms with Crippen molar-refractivity contribution in [2.24, 2.45) is 0 Å². The molecule has 10 heteroatoms. The van der Waals surface area contributed by atoms with Crippen LogP contribution in [0.15, 0.2) is 48.8 Å². The molecule has 194 valence electrons. The largest absolute Gasteiger partial charge is 0.383 e. The number of rotatable bonds is 4. The summed E-state index contributed by atoms with van der Waals surface area (Å²) in [6.07, 6.45) is 2.38. The van der Waals surface area contributed by atoms with Gasteiger partial charge in [-0.15, -0.1) is 0 Å². The predicted molar refractivity (Wildman–Crippen MR) is 142 cm³/mol. The number of anilines is 2. The zero-order valence-corrected chi connectivity index (χ0v) is 21.3. The molecule has 1 atom stereocenters. The molecule has 0 bridgehead atoms. The van der Waals surface area contributed by atoms with Crippen LogP contribution in [0, 0.1) is 18.8 Å². The lowest BCUT2D eigenvalue weighted by Crippen LogP contribution is -2.17. The van der Waals surface area contributed by atoms with Gasteiger partial charge in [-0.1, -0.05) is 24.1 Å². The molecule has 3 N–H and O–H groups in total. The van der Waals surface area contributed by atoms with Crippen LogP contribution in [0.2, 0.25) is 0 Å². The van der Waals surface area contributed by atoms with Crippen LogP contribution in [0.1, 0.15) is 52.1 Å². The normalized spacial score (nSPS) is 15.9. The number of halogens is 2. The van der Waals surface area contributed by atoms with Gasteiger partial charge in [-0.05, 0) is 56.1 Å². The number of benzene rings is 2. The summed E-state index contributed by atoms with van der Waals surface area (Å²) in [6, 6.07) is 10.9. The van der Waals surface area contributed by atoms with Crippen LogP contribution in [0.25, 0.3) is 11.0 Å². The molecule has 0 spiro atoms. The number of alkyl halides is 2. The molecule has 1 saturated heterocycles. The highest BCUT2D eigenvalue weighted by atomic mass is 19.3. The Hall–Kier alpha value is -4.36. The Morgan fingerprint density at radius 3 is 2.74 bits per heavy atom. The van der Waals surface area contributed by atoms with E-state index in [9.17, 15) is 13.6 Å². The lowest BCUT2D eigenvalue weighted by Gasteiger charge is -2.12. The van der Waals surface area contributed by atoms with E-state index < -0.39 is 11.8 Å². The van der Waals surface area contributed by atoms with E-state index in [1.807, 2.05) is 17.7 Å². The number of hydrogen-bond acceptors (Lipinski definition) is 6. The third kappa shape index (κ3) is 5.06. The van der Waals surface area contributed by atoms with E-state index in [0.717, 1.165) is 32.0 Å². The van der Waals surface area contributed by atoms with Crippen molar-refractivity contribution >= 4 is 28.4 Å². The summed E-state index contributed by atoms with van der Waals surface area (Å²) in [7, 11) is 2.07. The predicted octanol–water partition coefficient (Wildman–Crippen LogP) is 4.36. The Balaban J connectivity index is 1.45. The van der Waals surface area contributed by atoms with Crippen LogP contribution >= 0.6 is 0 Å². The average Bonchev–Trinajstić information content (AvgIpc) is 3.48. The summed E-state index contributed by atoms with van der Waals surface area (Å²) in [5.41, 5.74) is 9.31. The van der Waals surface area contributed by atoms with Crippen LogP contribution in [0.4, 0.5) is 20.3 Å². The van der Waals surface area contributed by atoms with Gasteiger partial charge >= 0.3 is 0 Å². The minimum atomic E-state index is -3.04. The highest BCUT2D eigenvalue weighted by molar-refractivity contribution is 6.04. The van der Waals surface area contributed by atoms with Gasteiger partial charge in [0.15, 0.2) is 5.65 Å². The molecule has 4 aromatic rings. The fourth-order valence-corrected chi connectivity index (χ4v) is 4.55. The Kier molecular flexibility index (Phi) is 6.55. The minimum Gasteiger partial charge on any atom is -0.383 e. The first-order valence-electron chi connectivity index (χ1n) is 12.2. The molecule has 5 rings (SSSR count). The summed E-state index contributed by atoms with van der Waals surface area (Å²) < 4.78 is 29.3. The summed E-state index contributed by atoms with van der Waals surface area (Å²) in [5, 5.41) is 8.14. The number of aryl methyl sites for hydroxylation is 1. The van der Waals surface area contributed by atoms with E-state index in [0.29, 0.717) is 33.8 Å². The third-order valence-corrected chi connectivity index (χ3v) is 6.67. The SMILES string of the molecule is Cc1ccc(NC(=O)c2cccc(C(C)(F)F)c2)cc1C#Cc1nn([C@@H]2CCN(C)C2)c2ncnc(N)c12. The van der Waals surface area contributed by atoms with E-state index in [1.54, 1.807) is 12.1 Å². The van der Waals surface area contributed by atoms with Gasteiger partial charge in [0.1, 0.15) is 17.8 Å². The zero-order valence-electron chi connectivity index (χ0n) is 21.3. The number of aromatic nitrogens is 4. The van der Waals surface area contributed by atoms with Gasteiger partial charge in [0.25, 0.3) is 11.8 Å². The average molecular weight is 516 g/mol. The molecular weight excluding hydrogens is 488 g/mol. The maximum atomic E-state index is 13.7. The second-order valence-electron chi connectivity index (χ2n) is 9.66. The monoisotopic (exact) mass is 515 g/mol. The fourth-order valence-electron chi connectivity index (χ4n) is 4.55. The molecule has 0 radical (unpaired) electrons. The van der Waals surface area contributed by atoms with Crippen LogP contribution in [-0.4, -0.2) is 50.7 Å². The van der Waals surface area contributed by atoms with Gasteiger partial charge in [0.2, 0.25) is 0 Å².